The summed E-state index contributed by atoms with van der Waals surface area (Å²) < 4.78 is 4.72. The van der Waals surface area contributed by atoms with Crippen LogP contribution in [0.5, 0.6) is 0 Å². The summed E-state index contributed by atoms with van der Waals surface area (Å²) in [6.45, 7) is 6.14. The van der Waals surface area contributed by atoms with Crippen LogP contribution in [-0.2, 0) is 9.53 Å². The normalized spacial score (nSPS) is 12.8. The van der Waals surface area contributed by atoms with Gasteiger partial charge in [-0.1, -0.05) is 38.2 Å². The van der Waals surface area contributed by atoms with Crippen molar-refractivity contribution in [1.29, 1.82) is 0 Å². The first-order chi connectivity index (χ1) is 5.85. The predicted molar refractivity (Wildman–Crippen MR) is 49.8 cm³/mol. The first-order valence-electron chi connectivity index (χ1n) is 4.21. The van der Waals surface area contributed by atoms with Crippen molar-refractivity contribution in [3.63, 3.8) is 0 Å². The highest BCUT2D eigenvalue weighted by molar-refractivity contribution is 5.38. The molecule has 0 saturated carbocycles. The molecule has 0 unspecified atom stereocenters. The Morgan fingerprint density at radius 2 is 2.25 bits per heavy atom. The Morgan fingerprint density at radius 3 is 2.75 bits per heavy atom. The van der Waals surface area contributed by atoms with E-state index in [-0.39, 0.29) is 6.10 Å². The summed E-state index contributed by atoms with van der Waals surface area (Å²) in [5.41, 5.74) is 0. The molecule has 0 aromatic rings. The fraction of sp³-hybridized carbons (Fsp3) is 0.500. The van der Waals surface area contributed by atoms with E-state index in [2.05, 4.69) is 19.6 Å². The second kappa shape index (κ2) is 8.05. The Kier molecular flexibility index (Phi) is 7.35. The summed E-state index contributed by atoms with van der Waals surface area (Å²) in [6.07, 6.45) is 8.50. The van der Waals surface area contributed by atoms with Gasteiger partial charge >= 0.3 is 0 Å². The summed E-state index contributed by atoms with van der Waals surface area (Å²) in [7, 11) is 0. The van der Waals surface area contributed by atoms with Gasteiger partial charge in [-0.25, -0.2) is 0 Å². The van der Waals surface area contributed by atoms with Crippen molar-refractivity contribution < 1.29 is 9.53 Å². The van der Waals surface area contributed by atoms with Gasteiger partial charge in [0.05, 0.1) is 0 Å². The van der Waals surface area contributed by atoms with Crippen molar-refractivity contribution in [3.05, 3.63) is 24.8 Å². The van der Waals surface area contributed by atoms with Crippen LogP contribution in [0.1, 0.15) is 26.2 Å². The Morgan fingerprint density at radius 1 is 1.50 bits per heavy atom. The molecule has 0 amide bonds. The van der Waals surface area contributed by atoms with E-state index in [1.165, 1.54) is 0 Å². The van der Waals surface area contributed by atoms with Crippen molar-refractivity contribution in [3.8, 4) is 0 Å². The average Bonchev–Trinajstić information content (AvgIpc) is 2.10. The van der Waals surface area contributed by atoms with Crippen LogP contribution in [0.3, 0.4) is 0 Å². The number of unbranched alkanes of at least 4 members (excludes halogenated alkanes) is 1. The van der Waals surface area contributed by atoms with Gasteiger partial charge in [0, 0.05) is 6.42 Å². The fourth-order valence-electron chi connectivity index (χ4n) is 0.794. The predicted octanol–water partition coefficient (Wildman–Crippen LogP) is 2.46. The zero-order valence-corrected chi connectivity index (χ0v) is 7.53. The number of allylic oxidation sites excluding steroid dienone is 1. The molecule has 0 fully saturated rings. The van der Waals surface area contributed by atoms with Gasteiger partial charge in [-0.05, 0) is 6.42 Å². The van der Waals surface area contributed by atoms with E-state index in [1.54, 1.807) is 6.08 Å². The molecular weight excluding hydrogens is 152 g/mol. The molecule has 0 aliphatic rings. The van der Waals surface area contributed by atoms with Gasteiger partial charge in [0.15, 0.2) is 0 Å². The van der Waals surface area contributed by atoms with E-state index < -0.39 is 0 Å². The van der Waals surface area contributed by atoms with Gasteiger partial charge in [-0.2, -0.15) is 0 Å². The van der Waals surface area contributed by atoms with Crippen molar-refractivity contribution in [2.75, 3.05) is 0 Å². The average molecular weight is 168 g/mol. The molecule has 2 heteroatoms. The van der Waals surface area contributed by atoms with E-state index >= 15 is 0 Å². The molecule has 12 heavy (non-hydrogen) atoms. The second-order valence-corrected chi connectivity index (χ2v) is 2.50. The molecule has 0 saturated heterocycles. The number of carbonyl (C=O) groups excluding carboxylic acids is 1. The molecular formula is C10H16O2. The standard InChI is InChI=1S/C10H16O2/c1-3-5-6-7-8-10(4-2)12-9-11/h4,6-7,9-10H,2-3,5,8H2,1H3/b7-6-/t10-/m0/s1. The van der Waals surface area contributed by atoms with Crippen molar-refractivity contribution in [1.82, 2.24) is 0 Å². The molecule has 0 rings (SSSR count). The largest absolute Gasteiger partial charge is 0.460 e. The van der Waals surface area contributed by atoms with Crippen molar-refractivity contribution in [2.24, 2.45) is 0 Å². The minimum atomic E-state index is -0.171. The van der Waals surface area contributed by atoms with Gasteiger partial charge in [-0.3, -0.25) is 4.79 Å². The zero-order chi connectivity index (χ0) is 9.23. The topological polar surface area (TPSA) is 26.3 Å². The van der Waals surface area contributed by atoms with Gasteiger partial charge in [0.1, 0.15) is 6.10 Å². The molecule has 0 aromatic heterocycles. The Bertz CT molecular complexity index is 150. The van der Waals surface area contributed by atoms with Gasteiger partial charge in [0.2, 0.25) is 0 Å². The lowest BCUT2D eigenvalue weighted by atomic mass is 10.2. The van der Waals surface area contributed by atoms with Crippen LogP contribution in [0.15, 0.2) is 24.8 Å². The van der Waals surface area contributed by atoms with E-state index in [0.717, 1.165) is 19.3 Å². The summed E-state index contributed by atoms with van der Waals surface area (Å²) in [5.74, 6) is 0. The highest BCUT2D eigenvalue weighted by Gasteiger charge is 1.98. The quantitative estimate of drug-likeness (QED) is 0.431. The summed E-state index contributed by atoms with van der Waals surface area (Å²) in [6, 6.07) is 0. The van der Waals surface area contributed by atoms with Crippen molar-refractivity contribution in [2.45, 2.75) is 32.3 Å². The minimum Gasteiger partial charge on any atom is -0.460 e. The lowest BCUT2D eigenvalue weighted by Crippen LogP contribution is -2.06. The Hall–Kier alpha value is -1.05. The molecule has 68 valence electrons. The molecule has 0 aromatic carbocycles. The van der Waals surface area contributed by atoms with E-state index in [9.17, 15) is 4.79 Å². The van der Waals surface area contributed by atoms with Gasteiger partial charge < -0.3 is 4.74 Å². The Balaban J connectivity index is 3.56. The SMILES string of the molecule is C=C[C@@H](C/C=C\CCC)OC=O. The van der Waals surface area contributed by atoms with Crippen molar-refractivity contribution >= 4 is 6.47 Å². The molecule has 1 atom stereocenters. The van der Waals surface area contributed by atoms with Gasteiger partial charge in [0.25, 0.3) is 6.47 Å². The highest BCUT2D eigenvalue weighted by atomic mass is 16.5. The van der Waals surface area contributed by atoms with E-state index in [1.807, 2.05) is 6.08 Å². The molecule has 0 aliphatic heterocycles. The summed E-state index contributed by atoms with van der Waals surface area (Å²) in [4.78, 5) is 9.97. The first-order valence-corrected chi connectivity index (χ1v) is 4.21. The monoisotopic (exact) mass is 168 g/mol. The molecule has 0 radical (unpaired) electrons. The number of ether oxygens (including phenoxy) is 1. The highest BCUT2D eigenvalue weighted by Crippen LogP contribution is 2.00. The van der Waals surface area contributed by atoms with E-state index in [0.29, 0.717) is 6.47 Å². The zero-order valence-electron chi connectivity index (χ0n) is 7.53. The van der Waals surface area contributed by atoms with Crippen LogP contribution in [0.4, 0.5) is 0 Å². The lowest BCUT2D eigenvalue weighted by Gasteiger charge is -2.05. The Labute approximate surface area is 73.9 Å². The molecule has 0 spiro atoms. The second-order valence-electron chi connectivity index (χ2n) is 2.50. The maximum Gasteiger partial charge on any atom is 0.293 e. The number of hydrogen-bond acceptors (Lipinski definition) is 2. The third-order valence-electron chi connectivity index (χ3n) is 1.48. The number of hydrogen-bond donors (Lipinski definition) is 0. The summed E-state index contributed by atoms with van der Waals surface area (Å²) in [5, 5.41) is 0. The maximum atomic E-state index is 9.97. The van der Waals surface area contributed by atoms with E-state index in [4.69, 9.17) is 4.74 Å². The van der Waals surface area contributed by atoms with Crippen LogP contribution < -0.4 is 0 Å². The summed E-state index contributed by atoms with van der Waals surface area (Å²) >= 11 is 0. The first kappa shape index (κ1) is 11.0. The third-order valence-corrected chi connectivity index (χ3v) is 1.48. The van der Waals surface area contributed by atoms with Crippen LogP contribution in [0.25, 0.3) is 0 Å². The molecule has 0 heterocycles. The van der Waals surface area contributed by atoms with Crippen LogP contribution in [0, 0.1) is 0 Å². The number of rotatable bonds is 7. The van der Waals surface area contributed by atoms with Gasteiger partial charge in [-0.15, -0.1) is 0 Å². The lowest BCUT2D eigenvalue weighted by molar-refractivity contribution is -0.131. The fourth-order valence-corrected chi connectivity index (χ4v) is 0.794. The third kappa shape index (κ3) is 5.71. The minimum absolute atomic E-state index is 0.171. The van der Waals surface area contributed by atoms with Crippen LogP contribution in [0.2, 0.25) is 0 Å². The molecule has 0 aliphatic carbocycles. The smallest absolute Gasteiger partial charge is 0.293 e. The molecule has 0 bridgehead atoms. The maximum absolute atomic E-state index is 9.97. The van der Waals surface area contributed by atoms with Crippen LogP contribution in [-0.4, -0.2) is 12.6 Å². The molecule has 2 nitrogen and oxygen atoms in total. The number of carbonyl (C=O) groups is 1. The van der Waals surface area contributed by atoms with Crippen LogP contribution >= 0.6 is 0 Å². The molecule has 0 N–H and O–H groups in total.